The van der Waals surface area contributed by atoms with Crippen LogP contribution in [0.4, 0.5) is 22.0 Å². The fraction of sp³-hybridized carbons (Fsp3) is 0.500. The molecule has 2 N–H and O–H groups in total. The first-order chi connectivity index (χ1) is 13.7. The van der Waals surface area contributed by atoms with Crippen LogP contribution in [-0.2, 0) is 23.6 Å². The standard InChI is InChI=1S/C16H20F5N2O6P/c1-6(2)28-16(25)8(4)23-30(26,22-7(3)15(24)27-5)29-14-12(20)10(18)9(17)11(19)13(14)21/h6-8H,1-5H3,(H2,22,23,26)/t7-,8-,30?/m0/s1. The van der Waals surface area contributed by atoms with Gasteiger partial charge in [-0.3, -0.25) is 9.59 Å². The van der Waals surface area contributed by atoms with E-state index in [1.807, 2.05) is 10.2 Å². The zero-order valence-electron chi connectivity index (χ0n) is 16.5. The maximum Gasteiger partial charge on any atom is 0.392 e. The molecule has 0 aliphatic rings. The summed E-state index contributed by atoms with van der Waals surface area (Å²) < 4.78 is 95.0. The summed E-state index contributed by atoms with van der Waals surface area (Å²) in [6, 6.07) is -2.89. The molecule has 30 heavy (non-hydrogen) atoms. The van der Waals surface area contributed by atoms with Crippen molar-refractivity contribution in [3.8, 4) is 5.75 Å². The summed E-state index contributed by atoms with van der Waals surface area (Å²) in [5, 5.41) is 4.04. The minimum atomic E-state index is -4.86. The molecule has 1 unspecified atom stereocenters. The van der Waals surface area contributed by atoms with Gasteiger partial charge in [-0.2, -0.15) is 8.78 Å². The van der Waals surface area contributed by atoms with Crippen molar-refractivity contribution in [3.63, 3.8) is 0 Å². The zero-order valence-corrected chi connectivity index (χ0v) is 17.4. The Kier molecular flexibility index (Phi) is 8.76. The molecule has 0 amide bonds. The maximum absolute atomic E-state index is 14.0. The lowest BCUT2D eigenvalue weighted by atomic mass is 10.3. The van der Waals surface area contributed by atoms with Crippen molar-refractivity contribution in [2.24, 2.45) is 0 Å². The van der Waals surface area contributed by atoms with E-state index in [1.54, 1.807) is 0 Å². The Bertz CT molecular complexity index is 840. The van der Waals surface area contributed by atoms with Gasteiger partial charge in [0, 0.05) is 0 Å². The van der Waals surface area contributed by atoms with Gasteiger partial charge in [0.15, 0.2) is 0 Å². The largest absolute Gasteiger partial charge is 0.468 e. The number of esters is 2. The van der Waals surface area contributed by atoms with Gasteiger partial charge in [0.05, 0.1) is 13.2 Å². The van der Waals surface area contributed by atoms with Crippen molar-refractivity contribution < 1.29 is 50.1 Å². The number of methoxy groups -OCH3 is 1. The van der Waals surface area contributed by atoms with E-state index in [0.29, 0.717) is 0 Å². The molecule has 0 aliphatic carbocycles. The van der Waals surface area contributed by atoms with E-state index in [0.717, 1.165) is 21.0 Å². The molecular formula is C16H20F5N2O6P. The first kappa shape index (κ1) is 25.8. The van der Waals surface area contributed by atoms with Crippen LogP contribution < -0.4 is 14.7 Å². The molecular weight excluding hydrogens is 442 g/mol. The predicted molar refractivity (Wildman–Crippen MR) is 92.9 cm³/mol. The second kappa shape index (κ2) is 10.2. The van der Waals surface area contributed by atoms with Crippen LogP contribution in [0.3, 0.4) is 0 Å². The number of carbonyl (C=O) groups is 2. The van der Waals surface area contributed by atoms with Crippen molar-refractivity contribution in [2.45, 2.75) is 45.9 Å². The molecule has 1 rings (SSSR count). The van der Waals surface area contributed by atoms with Crippen LogP contribution in [0.1, 0.15) is 27.7 Å². The summed E-state index contributed by atoms with van der Waals surface area (Å²) in [6.07, 6.45) is -0.584. The Labute approximate surface area is 168 Å². The van der Waals surface area contributed by atoms with Crippen molar-refractivity contribution in [3.05, 3.63) is 29.1 Å². The lowest BCUT2D eigenvalue weighted by molar-refractivity contribution is -0.149. The first-order valence-corrected chi connectivity index (χ1v) is 10.0. The van der Waals surface area contributed by atoms with Crippen LogP contribution in [0.5, 0.6) is 5.75 Å². The molecule has 0 aliphatic heterocycles. The first-order valence-electron chi connectivity index (χ1n) is 8.39. The third-order valence-corrected chi connectivity index (χ3v) is 5.27. The Morgan fingerprint density at radius 3 is 1.60 bits per heavy atom. The summed E-state index contributed by atoms with van der Waals surface area (Å²) >= 11 is 0. The lowest BCUT2D eigenvalue weighted by Gasteiger charge is -2.26. The van der Waals surface area contributed by atoms with Gasteiger partial charge in [-0.15, -0.1) is 0 Å². The maximum atomic E-state index is 14.0. The highest BCUT2D eigenvalue weighted by molar-refractivity contribution is 7.55. The van der Waals surface area contributed by atoms with E-state index in [4.69, 9.17) is 4.74 Å². The number of halogens is 5. The fourth-order valence-corrected chi connectivity index (χ4v) is 3.84. The van der Waals surface area contributed by atoms with E-state index >= 15 is 0 Å². The van der Waals surface area contributed by atoms with Gasteiger partial charge in [-0.25, -0.2) is 27.9 Å². The second-order valence-electron chi connectivity index (χ2n) is 6.25. The van der Waals surface area contributed by atoms with E-state index in [2.05, 4.69) is 9.26 Å². The van der Waals surface area contributed by atoms with Crippen molar-refractivity contribution in [1.29, 1.82) is 0 Å². The number of benzene rings is 1. The summed E-state index contributed by atoms with van der Waals surface area (Å²) in [7, 11) is -3.89. The normalized spacial score (nSPS) is 15.3. The van der Waals surface area contributed by atoms with Crippen LogP contribution in [0, 0.1) is 29.1 Å². The van der Waals surface area contributed by atoms with Gasteiger partial charge in [0.25, 0.3) is 0 Å². The quantitative estimate of drug-likeness (QED) is 0.190. The monoisotopic (exact) mass is 462 g/mol. The summed E-state index contributed by atoms with van der Waals surface area (Å²) in [5.41, 5.74) is 0. The number of hydrogen-bond acceptors (Lipinski definition) is 6. The topological polar surface area (TPSA) is 103 Å². The molecule has 3 atom stereocenters. The number of hydrogen-bond donors (Lipinski definition) is 2. The smallest absolute Gasteiger partial charge is 0.392 e. The van der Waals surface area contributed by atoms with Crippen LogP contribution in [0.15, 0.2) is 0 Å². The van der Waals surface area contributed by atoms with Crippen molar-refractivity contribution >= 4 is 19.6 Å². The summed E-state index contributed by atoms with van der Waals surface area (Å²) in [5.74, 6) is -15.8. The zero-order chi connectivity index (χ0) is 23.4. The van der Waals surface area contributed by atoms with Crippen LogP contribution in [0.25, 0.3) is 0 Å². The second-order valence-corrected chi connectivity index (χ2v) is 8.05. The molecule has 8 nitrogen and oxygen atoms in total. The van der Waals surface area contributed by atoms with Crippen LogP contribution in [-0.4, -0.2) is 37.2 Å². The molecule has 0 saturated heterocycles. The van der Waals surface area contributed by atoms with E-state index in [-0.39, 0.29) is 0 Å². The minimum Gasteiger partial charge on any atom is -0.468 e. The molecule has 1 aromatic rings. The fourth-order valence-electron chi connectivity index (χ4n) is 2.01. The van der Waals surface area contributed by atoms with Crippen molar-refractivity contribution in [1.82, 2.24) is 10.2 Å². The molecule has 0 fully saturated rings. The van der Waals surface area contributed by atoms with Crippen molar-refractivity contribution in [2.75, 3.05) is 7.11 Å². The molecule has 0 saturated carbocycles. The Morgan fingerprint density at radius 2 is 1.20 bits per heavy atom. The highest BCUT2D eigenvalue weighted by atomic mass is 31.2. The molecule has 0 aromatic heterocycles. The molecule has 14 heteroatoms. The van der Waals surface area contributed by atoms with E-state index in [9.17, 15) is 36.1 Å². The third-order valence-electron chi connectivity index (χ3n) is 3.38. The number of ether oxygens (including phenoxy) is 2. The van der Waals surface area contributed by atoms with E-state index < -0.39 is 72.6 Å². The summed E-state index contributed by atoms with van der Waals surface area (Å²) in [4.78, 5) is 23.5. The molecule has 0 radical (unpaired) electrons. The highest BCUT2D eigenvalue weighted by Crippen LogP contribution is 2.43. The molecule has 1 aromatic carbocycles. The van der Waals surface area contributed by atoms with Gasteiger partial charge in [-0.05, 0) is 27.7 Å². The average Bonchev–Trinajstić information content (AvgIpc) is 2.66. The average molecular weight is 462 g/mol. The number of rotatable bonds is 9. The van der Waals surface area contributed by atoms with Crippen LogP contribution in [0.2, 0.25) is 0 Å². The lowest BCUT2D eigenvalue weighted by Crippen LogP contribution is -2.43. The van der Waals surface area contributed by atoms with Crippen LogP contribution >= 0.6 is 7.67 Å². The molecule has 170 valence electrons. The Hall–Kier alpha value is -2.24. The Morgan fingerprint density at radius 1 is 0.800 bits per heavy atom. The Balaban J connectivity index is 3.37. The number of carbonyl (C=O) groups excluding carboxylic acids is 2. The number of nitrogens with one attached hydrogen (secondary N) is 2. The highest BCUT2D eigenvalue weighted by Gasteiger charge is 2.38. The summed E-state index contributed by atoms with van der Waals surface area (Å²) in [6.45, 7) is 5.25. The van der Waals surface area contributed by atoms with Gasteiger partial charge in [-0.1, -0.05) is 0 Å². The minimum absolute atomic E-state index is 0.584. The SMILES string of the molecule is COC(=O)[C@H](C)NP(=O)(N[C@@H](C)C(=O)OC(C)C)Oc1c(F)c(F)c(F)c(F)c1F. The molecule has 0 heterocycles. The third kappa shape index (κ3) is 6.13. The van der Waals surface area contributed by atoms with E-state index in [1.165, 1.54) is 13.8 Å². The van der Waals surface area contributed by atoms with Gasteiger partial charge in [0.1, 0.15) is 12.1 Å². The van der Waals surface area contributed by atoms with Gasteiger partial charge in [0.2, 0.25) is 34.8 Å². The molecule has 0 bridgehead atoms. The van der Waals surface area contributed by atoms with Gasteiger partial charge < -0.3 is 14.0 Å². The van der Waals surface area contributed by atoms with Gasteiger partial charge >= 0.3 is 19.6 Å². The molecule has 0 spiro atoms. The predicted octanol–water partition coefficient (Wildman–Crippen LogP) is 2.95.